The number of rotatable bonds is 2. The summed E-state index contributed by atoms with van der Waals surface area (Å²) in [5.41, 5.74) is 6.60. The van der Waals surface area contributed by atoms with Gasteiger partial charge >= 0.3 is 0 Å². The minimum absolute atomic E-state index is 1.30. The first-order valence-corrected chi connectivity index (χ1v) is 12.2. The zero-order chi connectivity index (χ0) is 17.6. The smallest absolute Gasteiger partial charge is 0.198 e. The maximum atomic E-state index is 2.42. The lowest BCUT2D eigenvalue weighted by Crippen LogP contribution is -2.38. The van der Waals surface area contributed by atoms with E-state index in [-0.39, 0.29) is 0 Å². The molecule has 0 saturated carbocycles. The Morgan fingerprint density at radius 2 is 1.54 bits per heavy atom. The van der Waals surface area contributed by atoms with Crippen LogP contribution in [0, 0.1) is 20.8 Å². The Bertz CT molecular complexity index is 933. The molecular weight excluding hydrogens is 306 g/mol. The molecule has 0 amide bonds. The maximum absolute atomic E-state index is 2.42. The molecule has 0 radical (unpaired) electrons. The van der Waals surface area contributed by atoms with Crippen molar-refractivity contribution in [1.29, 1.82) is 0 Å². The molecule has 0 unspecified atom stereocenters. The van der Waals surface area contributed by atoms with Crippen molar-refractivity contribution in [3.8, 4) is 11.3 Å². The molecule has 0 aliphatic carbocycles. The standard InChI is InChI=1S/C22H28NSi/c1-15-8-9-16(2)21(12-15)22-20-11-10-19(24(5,6)7)14-18(20)13-17(3)23(22)4/h8-14H,1-7H3/q+1. The highest BCUT2D eigenvalue weighted by Gasteiger charge is 2.22. The van der Waals surface area contributed by atoms with Gasteiger partial charge < -0.3 is 0 Å². The lowest BCUT2D eigenvalue weighted by Gasteiger charge is -2.18. The first-order chi connectivity index (χ1) is 11.2. The topological polar surface area (TPSA) is 3.88 Å². The summed E-state index contributed by atoms with van der Waals surface area (Å²) in [6.45, 7) is 13.8. The predicted octanol–water partition coefficient (Wildman–Crippen LogP) is 4.80. The Morgan fingerprint density at radius 3 is 2.21 bits per heavy atom. The third-order valence-corrected chi connectivity index (χ3v) is 7.09. The third-order valence-electron chi connectivity index (χ3n) is 5.05. The van der Waals surface area contributed by atoms with Gasteiger partial charge in [-0.1, -0.05) is 54.7 Å². The van der Waals surface area contributed by atoms with Gasteiger partial charge in [-0.3, -0.25) is 0 Å². The second kappa shape index (κ2) is 5.85. The van der Waals surface area contributed by atoms with Gasteiger partial charge in [0.05, 0.1) is 13.5 Å². The average Bonchev–Trinajstić information content (AvgIpc) is 2.50. The SMILES string of the molecule is Cc1ccc(C)c(-c2c3ccc([Si](C)(C)C)cc3cc(C)[n+]2C)c1. The van der Waals surface area contributed by atoms with Crippen LogP contribution in [0.2, 0.25) is 19.6 Å². The van der Waals surface area contributed by atoms with Gasteiger partial charge in [0.15, 0.2) is 5.69 Å². The minimum atomic E-state index is -1.30. The van der Waals surface area contributed by atoms with Crippen LogP contribution in [0.5, 0.6) is 0 Å². The first kappa shape index (κ1) is 16.9. The van der Waals surface area contributed by atoms with Crippen molar-refractivity contribution in [3.05, 3.63) is 59.3 Å². The van der Waals surface area contributed by atoms with Crippen LogP contribution in [-0.4, -0.2) is 8.07 Å². The van der Waals surface area contributed by atoms with Crippen LogP contribution in [0.25, 0.3) is 22.0 Å². The molecule has 0 saturated heterocycles. The average molecular weight is 335 g/mol. The Labute approximate surface area is 147 Å². The molecule has 0 aliphatic heterocycles. The number of nitrogens with zero attached hydrogens (tertiary/aromatic N) is 1. The highest BCUT2D eigenvalue weighted by Crippen LogP contribution is 2.29. The molecule has 0 aliphatic rings. The van der Waals surface area contributed by atoms with E-state index in [4.69, 9.17) is 0 Å². The van der Waals surface area contributed by atoms with Gasteiger partial charge in [0.25, 0.3) is 0 Å². The fraction of sp³-hybridized carbons (Fsp3) is 0.318. The summed E-state index contributed by atoms with van der Waals surface area (Å²) in [5.74, 6) is 0. The summed E-state index contributed by atoms with van der Waals surface area (Å²) in [4.78, 5) is 0. The Balaban J connectivity index is 2.39. The van der Waals surface area contributed by atoms with E-state index in [0.29, 0.717) is 0 Å². The second-order valence-electron chi connectivity index (χ2n) is 8.06. The summed E-state index contributed by atoms with van der Waals surface area (Å²) in [5, 5.41) is 4.23. The van der Waals surface area contributed by atoms with E-state index in [2.05, 4.69) is 94.5 Å². The molecule has 3 aromatic rings. The molecular formula is C22H28NSi+. The van der Waals surface area contributed by atoms with E-state index < -0.39 is 8.07 Å². The first-order valence-electron chi connectivity index (χ1n) is 8.70. The van der Waals surface area contributed by atoms with Crippen molar-refractivity contribution < 1.29 is 4.57 Å². The highest BCUT2D eigenvalue weighted by molar-refractivity contribution is 6.88. The molecule has 2 aromatic carbocycles. The fourth-order valence-corrected chi connectivity index (χ4v) is 4.53. The zero-order valence-corrected chi connectivity index (χ0v) is 17.0. The minimum Gasteiger partial charge on any atom is -0.198 e. The van der Waals surface area contributed by atoms with Gasteiger partial charge in [0.1, 0.15) is 7.05 Å². The van der Waals surface area contributed by atoms with Crippen LogP contribution >= 0.6 is 0 Å². The van der Waals surface area contributed by atoms with Crippen molar-refractivity contribution in [2.75, 3.05) is 0 Å². The van der Waals surface area contributed by atoms with Crippen LogP contribution in [0.1, 0.15) is 16.8 Å². The lowest BCUT2D eigenvalue weighted by atomic mass is 9.97. The molecule has 3 rings (SSSR count). The molecule has 2 heteroatoms. The fourth-order valence-electron chi connectivity index (χ4n) is 3.36. The van der Waals surface area contributed by atoms with E-state index >= 15 is 0 Å². The Morgan fingerprint density at radius 1 is 0.833 bits per heavy atom. The lowest BCUT2D eigenvalue weighted by molar-refractivity contribution is -0.665. The summed E-state index contributed by atoms with van der Waals surface area (Å²) >= 11 is 0. The normalized spacial score (nSPS) is 12.0. The zero-order valence-electron chi connectivity index (χ0n) is 16.0. The Hall–Kier alpha value is -1.93. The molecule has 1 nitrogen and oxygen atoms in total. The molecule has 24 heavy (non-hydrogen) atoms. The van der Waals surface area contributed by atoms with Gasteiger partial charge in [0, 0.05) is 18.6 Å². The predicted molar refractivity (Wildman–Crippen MR) is 108 cm³/mol. The quantitative estimate of drug-likeness (QED) is 0.468. The molecule has 0 fully saturated rings. The van der Waals surface area contributed by atoms with E-state index in [1.807, 2.05) is 0 Å². The monoisotopic (exact) mass is 334 g/mol. The van der Waals surface area contributed by atoms with Crippen LogP contribution in [-0.2, 0) is 7.05 Å². The maximum Gasteiger partial charge on any atom is 0.220 e. The number of hydrogen-bond acceptors (Lipinski definition) is 0. The highest BCUT2D eigenvalue weighted by atomic mass is 28.3. The van der Waals surface area contributed by atoms with Crippen LogP contribution in [0.3, 0.4) is 0 Å². The number of pyridine rings is 1. The molecule has 0 atom stereocenters. The number of hydrogen-bond donors (Lipinski definition) is 0. The van der Waals surface area contributed by atoms with E-state index in [1.165, 1.54) is 44.0 Å². The summed E-state index contributed by atoms with van der Waals surface area (Å²) in [6.07, 6.45) is 0. The van der Waals surface area contributed by atoms with Crippen LogP contribution in [0.4, 0.5) is 0 Å². The second-order valence-corrected chi connectivity index (χ2v) is 13.1. The van der Waals surface area contributed by atoms with Crippen molar-refractivity contribution in [2.45, 2.75) is 40.4 Å². The van der Waals surface area contributed by atoms with Crippen LogP contribution < -0.4 is 9.75 Å². The third kappa shape index (κ3) is 2.91. The molecule has 0 bridgehead atoms. The molecule has 124 valence electrons. The molecule has 1 aromatic heterocycles. The number of aryl methyl sites for hydroxylation is 3. The molecule has 0 spiro atoms. The van der Waals surface area contributed by atoms with Gasteiger partial charge in [0.2, 0.25) is 5.69 Å². The van der Waals surface area contributed by atoms with Crippen molar-refractivity contribution in [3.63, 3.8) is 0 Å². The number of fused-ring (bicyclic) bond motifs is 1. The van der Waals surface area contributed by atoms with Crippen molar-refractivity contribution >= 4 is 24.0 Å². The van der Waals surface area contributed by atoms with E-state index in [1.54, 1.807) is 0 Å². The van der Waals surface area contributed by atoms with Crippen molar-refractivity contribution in [1.82, 2.24) is 0 Å². The van der Waals surface area contributed by atoms with Crippen molar-refractivity contribution in [2.24, 2.45) is 7.05 Å². The molecule has 0 N–H and O–H groups in total. The van der Waals surface area contributed by atoms with Crippen LogP contribution in [0.15, 0.2) is 42.5 Å². The van der Waals surface area contributed by atoms with Gasteiger partial charge in [-0.2, -0.15) is 4.57 Å². The number of benzene rings is 2. The van der Waals surface area contributed by atoms with E-state index in [9.17, 15) is 0 Å². The summed E-state index contributed by atoms with van der Waals surface area (Å²) in [7, 11) is 0.874. The molecule has 1 heterocycles. The van der Waals surface area contributed by atoms with Gasteiger partial charge in [-0.05, 0) is 36.9 Å². The van der Waals surface area contributed by atoms with E-state index in [0.717, 1.165) is 0 Å². The summed E-state index contributed by atoms with van der Waals surface area (Å²) < 4.78 is 2.33. The number of aromatic nitrogens is 1. The van der Waals surface area contributed by atoms with Gasteiger partial charge in [-0.15, -0.1) is 0 Å². The van der Waals surface area contributed by atoms with Gasteiger partial charge in [-0.25, -0.2) is 0 Å². The largest absolute Gasteiger partial charge is 0.220 e. The Kier molecular flexibility index (Phi) is 4.12. The summed E-state index contributed by atoms with van der Waals surface area (Å²) in [6, 6.07) is 16.2.